The molecule has 1 aromatic carbocycles. The fourth-order valence-corrected chi connectivity index (χ4v) is 2.62. The molecule has 2 aliphatic rings. The number of hydrogen-bond acceptors (Lipinski definition) is 6. The summed E-state index contributed by atoms with van der Waals surface area (Å²) in [5, 5.41) is 48.1. The van der Waals surface area contributed by atoms with Crippen molar-refractivity contribution in [3.63, 3.8) is 0 Å². The normalized spacial score (nSPS) is 26.7. The van der Waals surface area contributed by atoms with E-state index >= 15 is 0 Å². The summed E-state index contributed by atoms with van der Waals surface area (Å²) in [5.41, 5.74) is 1.14. The lowest BCUT2D eigenvalue weighted by Gasteiger charge is -2.32. The first-order valence-electron chi connectivity index (χ1n) is 6.62. The van der Waals surface area contributed by atoms with Crippen LogP contribution in [0.1, 0.15) is 12.0 Å². The summed E-state index contributed by atoms with van der Waals surface area (Å²) in [6.45, 7) is 0. The Bertz CT molecular complexity index is 631. The van der Waals surface area contributed by atoms with Crippen molar-refractivity contribution in [3.8, 4) is 17.2 Å². The van der Waals surface area contributed by atoms with Crippen molar-refractivity contribution >= 4 is 0 Å². The average Bonchev–Trinajstić information content (AvgIpc) is 2.41. The van der Waals surface area contributed by atoms with Crippen molar-refractivity contribution in [3.05, 3.63) is 41.5 Å². The monoisotopic (exact) mass is 292 g/mol. The first-order valence-corrected chi connectivity index (χ1v) is 6.62. The number of hydrogen-bond donors (Lipinski definition) is 5. The van der Waals surface area contributed by atoms with Crippen molar-refractivity contribution in [2.45, 2.75) is 30.8 Å². The van der Waals surface area contributed by atoms with Crippen molar-refractivity contribution in [1.29, 1.82) is 0 Å². The van der Waals surface area contributed by atoms with Crippen molar-refractivity contribution < 1.29 is 30.3 Å². The SMILES string of the molecule is Oc1cc(O)c2c(c1)OC(C1=CC(O)(O)C(O)C=C1)CC2. The molecule has 0 saturated carbocycles. The summed E-state index contributed by atoms with van der Waals surface area (Å²) >= 11 is 0. The third kappa shape index (κ3) is 2.49. The number of ether oxygens (including phenoxy) is 1. The van der Waals surface area contributed by atoms with Crippen LogP contribution in [0, 0.1) is 0 Å². The van der Waals surface area contributed by atoms with Gasteiger partial charge in [0.2, 0.25) is 5.79 Å². The van der Waals surface area contributed by atoms with Gasteiger partial charge in [-0.3, -0.25) is 0 Å². The number of aliphatic hydroxyl groups is 3. The lowest BCUT2D eigenvalue weighted by Crippen LogP contribution is -2.42. The van der Waals surface area contributed by atoms with Gasteiger partial charge < -0.3 is 30.3 Å². The number of aromatic hydroxyl groups is 2. The van der Waals surface area contributed by atoms with E-state index in [0.717, 1.165) is 6.08 Å². The van der Waals surface area contributed by atoms with Crippen molar-refractivity contribution in [2.24, 2.45) is 0 Å². The highest BCUT2D eigenvalue weighted by Crippen LogP contribution is 2.39. The Morgan fingerprint density at radius 2 is 1.95 bits per heavy atom. The maximum atomic E-state index is 9.77. The number of aliphatic hydroxyl groups excluding tert-OH is 1. The molecule has 6 heteroatoms. The fraction of sp³-hybridized carbons (Fsp3) is 0.333. The third-order valence-corrected chi connectivity index (χ3v) is 3.75. The highest BCUT2D eigenvalue weighted by molar-refractivity contribution is 5.51. The van der Waals surface area contributed by atoms with Crippen LogP contribution in [0.2, 0.25) is 0 Å². The fourth-order valence-electron chi connectivity index (χ4n) is 2.62. The molecule has 112 valence electrons. The summed E-state index contributed by atoms with van der Waals surface area (Å²) in [5.74, 6) is -2.08. The van der Waals surface area contributed by atoms with Gasteiger partial charge in [0.15, 0.2) is 0 Å². The Balaban J connectivity index is 1.89. The molecule has 1 heterocycles. The first kappa shape index (κ1) is 13.9. The number of fused-ring (bicyclic) bond motifs is 1. The topological polar surface area (TPSA) is 110 Å². The second-order valence-electron chi connectivity index (χ2n) is 5.32. The molecular formula is C15H16O6. The van der Waals surface area contributed by atoms with Crippen LogP contribution in [-0.4, -0.2) is 43.5 Å². The minimum atomic E-state index is -2.32. The Hall–Kier alpha value is -2.02. The van der Waals surface area contributed by atoms with E-state index in [0.29, 0.717) is 29.7 Å². The predicted octanol–water partition coefficient (Wildman–Crippen LogP) is 0.329. The maximum Gasteiger partial charge on any atom is 0.214 e. The molecule has 1 aromatic rings. The molecule has 0 fully saturated rings. The lowest BCUT2D eigenvalue weighted by atomic mass is 9.91. The standard InChI is InChI=1S/C15H16O6/c16-9-5-11(17)10-2-3-12(21-13(10)6-9)8-1-4-14(18)15(19,20)7-8/h1,4-7,12,14,16-20H,2-3H2. The molecule has 0 amide bonds. The highest BCUT2D eigenvalue weighted by Gasteiger charge is 2.35. The van der Waals surface area contributed by atoms with Crippen molar-refractivity contribution in [2.75, 3.05) is 0 Å². The van der Waals surface area contributed by atoms with Crippen LogP contribution >= 0.6 is 0 Å². The van der Waals surface area contributed by atoms with Crippen molar-refractivity contribution in [1.82, 2.24) is 0 Å². The Labute approximate surface area is 120 Å². The summed E-state index contributed by atoms with van der Waals surface area (Å²) in [7, 11) is 0. The van der Waals surface area contributed by atoms with Crippen LogP contribution in [0.25, 0.3) is 0 Å². The Kier molecular flexibility index (Phi) is 3.16. The molecule has 0 bridgehead atoms. The maximum absolute atomic E-state index is 9.77. The van der Waals surface area contributed by atoms with Gasteiger partial charge in [-0.25, -0.2) is 0 Å². The molecule has 5 N–H and O–H groups in total. The van der Waals surface area contributed by atoms with E-state index in [2.05, 4.69) is 0 Å². The van der Waals surface area contributed by atoms with E-state index in [-0.39, 0.29) is 11.5 Å². The van der Waals surface area contributed by atoms with E-state index in [9.17, 15) is 25.5 Å². The molecule has 2 atom stereocenters. The Morgan fingerprint density at radius 3 is 2.67 bits per heavy atom. The van der Waals surface area contributed by atoms with Crippen LogP contribution in [0.3, 0.4) is 0 Å². The van der Waals surface area contributed by atoms with Crippen LogP contribution in [0.4, 0.5) is 0 Å². The molecule has 0 saturated heterocycles. The van der Waals surface area contributed by atoms with E-state index < -0.39 is 18.0 Å². The minimum Gasteiger partial charge on any atom is -0.508 e. The van der Waals surface area contributed by atoms with Gasteiger partial charge in [0.25, 0.3) is 0 Å². The van der Waals surface area contributed by atoms with Gasteiger partial charge in [-0.05, 0) is 24.5 Å². The second kappa shape index (κ2) is 4.77. The van der Waals surface area contributed by atoms with Gasteiger partial charge in [0.05, 0.1) is 0 Å². The summed E-state index contributed by atoms with van der Waals surface area (Å²) in [6, 6.07) is 2.67. The molecule has 0 spiro atoms. The molecule has 21 heavy (non-hydrogen) atoms. The van der Waals surface area contributed by atoms with Crippen LogP contribution < -0.4 is 4.74 Å². The van der Waals surface area contributed by atoms with E-state index in [4.69, 9.17) is 4.74 Å². The van der Waals surface area contributed by atoms with Gasteiger partial charge in [0, 0.05) is 17.7 Å². The van der Waals surface area contributed by atoms with Crippen LogP contribution in [-0.2, 0) is 6.42 Å². The first-order chi connectivity index (χ1) is 9.87. The van der Waals surface area contributed by atoms with Gasteiger partial charge in [-0.2, -0.15) is 0 Å². The second-order valence-corrected chi connectivity index (χ2v) is 5.32. The van der Waals surface area contributed by atoms with Gasteiger partial charge >= 0.3 is 0 Å². The number of phenolic OH excluding ortho intramolecular Hbond substituents is 2. The third-order valence-electron chi connectivity index (χ3n) is 3.75. The van der Waals surface area contributed by atoms with Crippen LogP contribution in [0.15, 0.2) is 35.9 Å². The van der Waals surface area contributed by atoms with Gasteiger partial charge in [-0.1, -0.05) is 12.2 Å². The zero-order valence-corrected chi connectivity index (χ0v) is 11.1. The van der Waals surface area contributed by atoms with Crippen LogP contribution in [0.5, 0.6) is 17.2 Å². The molecule has 6 nitrogen and oxygen atoms in total. The molecule has 1 aliphatic heterocycles. The summed E-state index contributed by atoms with van der Waals surface area (Å²) in [6.07, 6.45) is 3.25. The summed E-state index contributed by atoms with van der Waals surface area (Å²) < 4.78 is 5.72. The van der Waals surface area contributed by atoms with E-state index in [1.165, 1.54) is 18.2 Å². The van der Waals surface area contributed by atoms with E-state index in [1.807, 2.05) is 0 Å². The molecule has 0 aromatic heterocycles. The predicted molar refractivity (Wildman–Crippen MR) is 72.9 cm³/mol. The molecular weight excluding hydrogens is 276 g/mol. The number of rotatable bonds is 1. The minimum absolute atomic E-state index is 0.0225. The Morgan fingerprint density at radius 1 is 1.19 bits per heavy atom. The molecule has 0 radical (unpaired) electrons. The smallest absolute Gasteiger partial charge is 0.214 e. The molecule has 1 aliphatic carbocycles. The largest absolute Gasteiger partial charge is 0.508 e. The molecule has 2 unspecified atom stereocenters. The van der Waals surface area contributed by atoms with Gasteiger partial charge in [0.1, 0.15) is 29.5 Å². The quantitative estimate of drug-likeness (QED) is 0.477. The number of phenols is 2. The lowest BCUT2D eigenvalue weighted by molar-refractivity contribution is -0.175. The van der Waals surface area contributed by atoms with E-state index in [1.54, 1.807) is 6.08 Å². The zero-order chi connectivity index (χ0) is 15.2. The average molecular weight is 292 g/mol. The van der Waals surface area contributed by atoms with Gasteiger partial charge in [-0.15, -0.1) is 0 Å². The summed E-state index contributed by atoms with van der Waals surface area (Å²) in [4.78, 5) is 0. The molecule has 3 rings (SSSR count). The highest BCUT2D eigenvalue weighted by atomic mass is 16.5. The zero-order valence-electron chi connectivity index (χ0n) is 11.1. The number of benzene rings is 1.